The number of nitrogens with one attached hydrogen (secondary N) is 1. The number of aromatic nitrogens is 3. The maximum absolute atomic E-state index is 14.4. The molecule has 0 aliphatic heterocycles. The van der Waals surface area contributed by atoms with E-state index in [9.17, 15) is 14.0 Å². The fourth-order valence-electron chi connectivity index (χ4n) is 3.43. The van der Waals surface area contributed by atoms with Gasteiger partial charge in [-0.1, -0.05) is 48.5 Å². The number of hydrogen-bond donors (Lipinski definition) is 1. The smallest absolute Gasteiger partial charge is 0.340 e. The second-order valence-corrected chi connectivity index (χ2v) is 7.07. The molecule has 0 aliphatic rings. The summed E-state index contributed by atoms with van der Waals surface area (Å²) in [4.78, 5) is 36.3. The van der Waals surface area contributed by atoms with Crippen LogP contribution >= 0.6 is 0 Å². The van der Waals surface area contributed by atoms with Crippen molar-refractivity contribution in [2.45, 2.75) is 13.3 Å². The molecular formula is C25H20FN3O3. The van der Waals surface area contributed by atoms with Crippen LogP contribution in [0.2, 0.25) is 0 Å². The van der Waals surface area contributed by atoms with Crippen molar-refractivity contribution in [3.05, 3.63) is 89.6 Å². The van der Waals surface area contributed by atoms with E-state index in [-0.39, 0.29) is 13.0 Å². The number of carbonyl (C=O) groups excluding carboxylic acids is 2. The number of rotatable bonds is 7. The SMILES string of the molecule is CCOC(=O)c1c[nH]c2ncnc(-c3cccc(CC(=O)/C(F)=C/c4ccccc4)c3)c12. The van der Waals surface area contributed by atoms with Gasteiger partial charge < -0.3 is 9.72 Å². The van der Waals surface area contributed by atoms with Crippen molar-refractivity contribution in [1.82, 2.24) is 15.0 Å². The summed E-state index contributed by atoms with van der Waals surface area (Å²) in [5, 5.41) is 0.532. The molecular weight excluding hydrogens is 409 g/mol. The number of aromatic amines is 1. The molecule has 0 radical (unpaired) electrons. The zero-order valence-electron chi connectivity index (χ0n) is 17.3. The lowest BCUT2D eigenvalue weighted by Gasteiger charge is -2.07. The van der Waals surface area contributed by atoms with Crippen LogP contribution in [0.1, 0.15) is 28.4 Å². The molecule has 7 heteroatoms. The number of carbonyl (C=O) groups is 2. The molecule has 6 nitrogen and oxygen atoms in total. The van der Waals surface area contributed by atoms with Crippen LogP contribution in [0, 0.1) is 0 Å². The van der Waals surface area contributed by atoms with Gasteiger partial charge in [0, 0.05) is 18.2 Å². The number of ether oxygens (including phenoxy) is 1. The van der Waals surface area contributed by atoms with Crippen LogP contribution in [0.3, 0.4) is 0 Å². The molecule has 1 N–H and O–H groups in total. The molecule has 4 rings (SSSR count). The summed E-state index contributed by atoms with van der Waals surface area (Å²) in [7, 11) is 0. The number of hydrogen-bond acceptors (Lipinski definition) is 5. The van der Waals surface area contributed by atoms with Crippen LogP contribution < -0.4 is 0 Å². The van der Waals surface area contributed by atoms with Crippen LogP contribution in [-0.2, 0) is 16.0 Å². The second kappa shape index (κ2) is 9.34. The molecule has 2 heterocycles. The van der Waals surface area contributed by atoms with E-state index in [0.717, 1.165) is 0 Å². The lowest BCUT2D eigenvalue weighted by Crippen LogP contribution is -2.05. The minimum atomic E-state index is -0.804. The number of allylic oxidation sites excluding steroid dienone is 1. The number of Topliss-reactive ketones (excluding diaryl/α,β-unsaturated/α-hetero) is 1. The molecule has 0 saturated heterocycles. The third-order valence-electron chi connectivity index (χ3n) is 4.89. The highest BCUT2D eigenvalue weighted by Gasteiger charge is 2.19. The van der Waals surface area contributed by atoms with Crippen LogP contribution in [0.15, 0.2) is 72.9 Å². The fraction of sp³-hybridized carbons (Fsp3) is 0.120. The van der Waals surface area contributed by atoms with Gasteiger partial charge in [0.1, 0.15) is 12.0 Å². The quantitative estimate of drug-likeness (QED) is 0.333. The van der Waals surface area contributed by atoms with Gasteiger partial charge in [0.05, 0.1) is 23.3 Å². The first kappa shape index (κ1) is 21.1. The highest BCUT2D eigenvalue weighted by atomic mass is 19.1. The third-order valence-corrected chi connectivity index (χ3v) is 4.89. The molecule has 0 unspecified atom stereocenters. The second-order valence-electron chi connectivity index (χ2n) is 7.07. The Kier molecular flexibility index (Phi) is 6.17. The summed E-state index contributed by atoms with van der Waals surface area (Å²) in [5.74, 6) is -1.90. The van der Waals surface area contributed by atoms with E-state index in [1.165, 1.54) is 18.6 Å². The van der Waals surface area contributed by atoms with E-state index in [0.29, 0.717) is 39.0 Å². The number of nitrogens with zero attached hydrogens (tertiary/aromatic N) is 2. The van der Waals surface area contributed by atoms with E-state index in [1.807, 2.05) is 12.1 Å². The number of fused-ring (bicyclic) bond motifs is 1. The summed E-state index contributed by atoms with van der Waals surface area (Å²) in [6.45, 7) is 1.98. The molecule has 0 saturated carbocycles. The zero-order chi connectivity index (χ0) is 22.5. The molecule has 32 heavy (non-hydrogen) atoms. The summed E-state index contributed by atoms with van der Waals surface area (Å²) in [6, 6.07) is 15.9. The highest BCUT2D eigenvalue weighted by Crippen LogP contribution is 2.29. The van der Waals surface area contributed by atoms with Gasteiger partial charge in [-0.05, 0) is 30.2 Å². The van der Waals surface area contributed by atoms with Gasteiger partial charge in [-0.15, -0.1) is 0 Å². The normalized spacial score (nSPS) is 11.5. The molecule has 160 valence electrons. The Balaban J connectivity index is 1.64. The van der Waals surface area contributed by atoms with E-state index in [4.69, 9.17) is 4.74 Å². The Bertz CT molecular complexity index is 1310. The monoisotopic (exact) mass is 429 g/mol. The summed E-state index contributed by atoms with van der Waals surface area (Å²) >= 11 is 0. The largest absolute Gasteiger partial charge is 0.462 e. The fourth-order valence-corrected chi connectivity index (χ4v) is 3.43. The Morgan fingerprint density at radius 2 is 1.91 bits per heavy atom. The van der Waals surface area contributed by atoms with Gasteiger partial charge in [0.15, 0.2) is 11.6 Å². The van der Waals surface area contributed by atoms with Crippen LogP contribution in [-0.4, -0.2) is 33.3 Å². The number of halogens is 1. The summed E-state index contributed by atoms with van der Waals surface area (Å²) < 4.78 is 19.5. The number of benzene rings is 2. The standard InChI is InChI=1S/C25H20FN3O3/c1-2-32-25(31)19-14-27-24-22(19)23(28-15-29-24)18-10-6-9-17(11-18)13-21(30)20(26)12-16-7-4-3-5-8-16/h3-12,14-15H,2,13H2,1H3,(H,27,28,29)/b20-12-. The Hall–Kier alpha value is -4.13. The van der Waals surface area contributed by atoms with Gasteiger partial charge in [-0.3, -0.25) is 4.79 Å². The molecule has 0 amide bonds. The van der Waals surface area contributed by atoms with Crippen LogP contribution in [0.5, 0.6) is 0 Å². The average molecular weight is 429 g/mol. The Labute approximate surface area is 183 Å². The van der Waals surface area contributed by atoms with E-state index < -0.39 is 17.6 Å². The van der Waals surface area contributed by atoms with Crippen molar-refractivity contribution in [3.63, 3.8) is 0 Å². The number of ketones is 1. The molecule has 2 aromatic carbocycles. The lowest BCUT2D eigenvalue weighted by atomic mass is 10.0. The molecule has 0 spiro atoms. The van der Waals surface area contributed by atoms with E-state index in [2.05, 4.69) is 15.0 Å². The molecule has 0 fully saturated rings. The van der Waals surface area contributed by atoms with Crippen molar-refractivity contribution < 1.29 is 18.7 Å². The lowest BCUT2D eigenvalue weighted by molar-refractivity contribution is -0.116. The first-order chi connectivity index (χ1) is 15.6. The minimum Gasteiger partial charge on any atom is -0.462 e. The van der Waals surface area contributed by atoms with Gasteiger partial charge in [0.2, 0.25) is 0 Å². The van der Waals surface area contributed by atoms with Crippen molar-refractivity contribution in [2.24, 2.45) is 0 Å². The van der Waals surface area contributed by atoms with Crippen molar-refractivity contribution in [1.29, 1.82) is 0 Å². The molecule has 2 aromatic heterocycles. The summed E-state index contributed by atoms with van der Waals surface area (Å²) in [5.41, 5.74) is 3.28. The van der Waals surface area contributed by atoms with Crippen molar-refractivity contribution in [2.75, 3.05) is 6.61 Å². The highest BCUT2D eigenvalue weighted by molar-refractivity contribution is 6.08. The molecule has 4 aromatic rings. The Morgan fingerprint density at radius 1 is 1.09 bits per heavy atom. The van der Waals surface area contributed by atoms with Crippen molar-refractivity contribution >= 4 is 28.9 Å². The van der Waals surface area contributed by atoms with E-state index in [1.54, 1.807) is 49.4 Å². The van der Waals surface area contributed by atoms with Gasteiger partial charge in [0.25, 0.3) is 0 Å². The number of esters is 1. The van der Waals surface area contributed by atoms with Crippen LogP contribution in [0.4, 0.5) is 4.39 Å². The van der Waals surface area contributed by atoms with Crippen molar-refractivity contribution in [3.8, 4) is 11.3 Å². The average Bonchev–Trinajstić information content (AvgIpc) is 3.24. The van der Waals surface area contributed by atoms with Gasteiger partial charge >= 0.3 is 5.97 Å². The molecule has 0 atom stereocenters. The number of H-pyrrole nitrogens is 1. The van der Waals surface area contributed by atoms with E-state index >= 15 is 0 Å². The first-order valence-corrected chi connectivity index (χ1v) is 10.1. The molecule has 0 aliphatic carbocycles. The third kappa shape index (κ3) is 4.46. The van der Waals surface area contributed by atoms with Crippen LogP contribution in [0.25, 0.3) is 28.4 Å². The predicted octanol–water partition coefficient (Wildman–Crippen LogP) is 4.92. The maximum atomic E-state index is 14.4. The molecule has 0 bridgehead atoms. The summed E-state index contributed by atoms with van der Waals surface area (Å²) in [6.07, 6.45) is 4.06. The minimum absolute atomic E-state index is 0.102. The topological polar surface area (TPSA) is 84.9 Å². The van der Waals surface area contributed by atoms with Gasteiger partial charge in [-0.2, -0.15) is 0 Å². The zero-order valence-corrected chi connectivity index (χ0v) is 17.3. The van der Waals surface area contributed by atoms with Gasteiger partial charge in [-0.25, -0.2) is 19.2 Å². The maximum Gasteiger partial charge on any atom is 0.340 e. The predicted molar refractivity (Wildman–Crippen MR) is 120 cm³/mol. The Morgan fingerprint density at radius 3 is 2.69 bits per heavy atom. The first-order valence-electron chi connectivity index (χ1n) is 10.1.